The molecule has 1 aliphatic rings. The molecule has 1 amide bonds. The molecule has 0 saturated carbocycles. The number of carboxylic acids is 1. The molecule has 7 heteroatoms. The van der Waals surface area contributed by atoms with E-state index in [1.165, 1.54) is 6.07 Å². The largest absolute Gasteiger partial charge is 0.491 e. The van der Waals surface area contributed by atoms with Crippen LogP contribution in [0.1, 0.15) is 15.9 Å². The summed E-state index contributed by atoms with van der Waals surface area (Å²) in [5.41, 5.74) is 1.68. The monoisotopic (exact) mass is 235 g/mol. The van der Waals surface area contributed by atoms with Gasteiger partial charge < -0.3 is 20.1 Å². The van der Waals surface area contributed by atoms with Crippen LogP contribution in [-0.4, -0.2) is 35.7 Å². The fourth-order valence-corrected chi connectivity index (χ4v) is 1.61. The molecule has 1 aliphatic heterocycles. The van der Waals surface area contributed by atoms with Gasteiger partial charge in [-0.15, -0.1) is 0 Å². The Kier molecular flexibility index (Phi) is 3.12. The van der Waals surface area contributed by atoms with Crippen LogP contribution in [0.5, 0.6) is 0 Å². The lowest BCUT2D eigenvalue weighted by atomic mass is 9.79. The molecular weight excluding hydrogens is 225 g/mol. The van der Waals surface area contributed by atoms with Gasteiger partial charge in [-0.25, -0.2) is 0 Å². The van der Waals surface area contributed by atoms with E-state index in [0.717, 1.165) is 5.56 Å². The van der Waals surface area contributed by atoms with Crippen LogP contribution in [0.2, 0.25) is 0 Å². The van der Waals surface area contributed by atoms with Crippen LogP contribution >= 0.6 is 0 Å². The third kappa shape index (κ3) is 2.46. The summed E-state index contributed by atoms with van der Waals surface area (Å²) in [5.74, 6) is -1.60. The van der Waals surface area contributed by atoms with Crippen LogP contribution in [0.3, 0.4) is 0 Å². The highest BCUT2D eigenvalue weighted by molar-refractivity contribution is 6.61. The smallest absolute Gasteiger partial charge is 0.480 e. The molecule has 0 saturated heterocycles. The van der Waals surface area contributed by atoms with Gasteiger partial charge in [0, 0.05) is 5.56 Å². The number of fused-ring (bicyclic) bond motifs is 1. The topological polar surface area (TPSA) is 95.9 Å². The molecule has 88 valence electrons. The minimum Gasteiger partial charge on any atom is -0.480 e. The van der Waals surface area contributed by atoms with E-state index in [9.17, 15) is 14.6 Å². The van der Waals surface area contributed by atoms with E-state index < -0.39 is 25.5 Å². The molecule has 0 radical (unpaired) electrons. The molecule has 1 aromatic carbocycles. The summed E-state index contributed by atoms with van der Waals surface area (Å²) in [6.07, 6.45) is 0. The number of carbonyl (C=O) groups is 2. The second kappa shape index (κ2) is 4.56. The van der Waals surface area contributed by atoms with Crippen molar-refractivity contribution in [2.45, 2.75) is 6.61 Å². The molecular formula is C10H10BNO5. The van der Waals surface area contributed by atoms with Crippen molar-refractivity contribution in [2.24, 2.45) is 0 Å². The lowest BCUT2D eigenvalue weighted by molar-refractivity contribution is -0.135. The minimum atomic E-state index is -1.11. The first-order valence-electron chi connectivity index (χ1n) is 5.00. The van der Waals surface area contributed by atoms with Crippen LogP contribution in [0.25, 0.3) is 0 Å². The van der Waals surface area contributed by atoms with Gasteiger partial charge in [-0.3, -0.25) is 9.59 Å². The van der Waals surface area contributed by atoms with Crippen molar-refractivity contribution in [3.63, 3.8) is 0 Å². The summed E-state index contributed by atoms with van der Waals surface area (Å²) < 4.78 is 4.99. The number of hydrogen-bond donors (Lipinski definition) is 3. The molecule has 0 atom stereocenters. The summed E-state index contributed by atoms with van der Waals surface area (Å²) in [5, 5.41) is 20.1. The van der Waals surface area contributed by atoms with E-state index >= 15 is 0 Å². The van der Waals surface area contributed by atoms with Crippen LogP contribution in [0.4, 0.5) is 0 Å². The number of hydrogen-bond acceptors (Lipinski definition) is 4. The maximum atomic E-state index is 11.6. The zero-order valence-corrected chi connectivity index (χ0v) is 8.84. The average Bonchev–Trinajstić information content (AvgIpc) is 2.67. The van der Waals surface area contributed by atoms with E-state index in [4.69, 9.17) is 9.76 Å². The fourth-order valence-electron chi connectivity index (χ4n) is 1.61. The Hall–Kier alpha value is -1.86. The first-order valence-corrected chi connectivity index (χ1v) is 5.00. The summed E-state index contributed by atoms with van der Waals surface area (Å²) in [7, 11) is -1.02. The molecule has 2 rings (SSSR count). The Labute approximate surface area is 97.4 Å². The first kappa shape index (κ1) is 11.6. The van der Waals surface area contributed by atoms with Gasteiger partial charge in [-0.1, -0.05) is 6.07 Å². The molecule has 1 heterocycles. The van der Waals surface area contributed by atoms with Gasteiger partial charge in [0.25, 0.3) is 5.91 Å². The van der Waals surface area contributed by atoms with Crippen molar-refractivity contribution in [3.8, 4) is 0 Å². The third-order valence-electron chi connectivity index (χ3n) is 2.47. The van der Waals surface area contributed by atoms with E-state index in [1.54, 1.807) is 12.1 Å². The number of aliphatic carboxylic acids is 1. The zero-order valence-electron chi connectivity index (χ0n) is 8.84. The first-order chi connectivity index (χ1) is 8.08. The summed E-state index contributed by atoms with van der Waals surface area (Å²) in [6.45, 7) is -0.123. The number of rotatable bonds is 3. The van der Waals surface area contributed by atoms with Gasteiger partial charge in [0.15, 0.2) is 0 Å². The summed E-state index contributed by atoms with van der Waals surface area (Å²) in [6, 6.07) is 4.75. The molecule has 3 N–H and O–H groups in total. The highest BCUT2D eigenvalue weighted by atomic mass is 16.5. The molecule has 17 heavy (non-hydrogen) atoms. The van der Waals surface area contributed by atoms with Crippen LogP contribution in [0.15, 0.2) is 18.2 Å². The lowest BCUT2D eigenvalue weighted by Gasteiger charge is -2.04. The SMILES string of the molecule is O=C(O)CNC(=O)c1ccc2c(c1)B(O)OC2. The fraction of sp³-hybridized carbons (Fsp3) is 0.200. The molecule has 0 bridgehead atoms. The lowest BCUT2D eigenvalue weighted by Crippen LogP contribution is -2.32. The number of carbonyl (C=O) groups excluding carboxylic acids is 1. The van der Waals surface area contributed by atoms with Crippen molar-refractivity contribution in [2.75, 3.05) is 6.54 Å². The Morgan fingerprint density at radius 1 is 1.47 bits per heavy atom. The summed E-state index contributed by atoms with van der Waals surface area (Å²) in [4.78, 5) is 21.9. The Balaban J connectivity index is 2.14. The molecule has 0 fully saturated rings. The van der Waals surface area contributed by atoms with Crippen LogP contribution < -0.4 is 10.8 Å². The molecule has 0 aliphatic carbocycles. The van der Waals surface area contributed by atoms with Gasteiger partial charge in [-0.2, -0.15) is 0 Å². The second-order valence-electron chi connectivity index (χ2n) is 3.65. The minimum absolute atomic E-state index is 0.301. The molecule has 1 aromatic rings. The quantitative estimate of drug-likeness (QED) is 0.567. The van der Waals surface area contributed by atoms with E-state index in [0.29, 0.717) is 17.6 Å². The van der Waals surface area contributed by atoms with Gasteiger partial charge in [0.05, 0.1) is 6.61 Å². The van der Waals surface area contributed by atoms with Crippen molar-refractivity contribution in [3.05, 3.63) is 29.3 Å². The van der Waals surface area contributed by atoms with Crippen molar-refractivity contribution in [1.29, 1.82) is 0 Å². The Morgan fingerprint density at radius 2 is 2.24 bits per heavy atom. The maximum Gasteiger partial charge on any atom is 0.491 e. The van der Waals surface area contributed by atoms with Gasteiger partial charge in [0.1, 0.15) is 6.54 Å². The third-order valence-corrected chi connectivity index (χ3v) is 2.47. The standard InChI is InChI=1S/C10H10BNO5/c13-9(14)4-12-10(15)6-1-2-7-5-17-11(16)8(7)3-6/h1-3,16H,4-5H2,(H,12,15)(H,13,14). The maximum absolute atomic E-state index is 11.6. The predicted octanol–water partition coefficient (Wildman–Crippen LogP) is -1.28. The van der Waals surface area contributed by atoms with E-state index in [-0.39, 0.29) is 0 Å². The number of benzene rings is 1. The summed E-state index contributed by atoms with van der Waals surface area (Å²) >= 11 is 0. The van der Waals surface area contributed by atoms with Crippen molar-refractivity contribution < 1.29 is 24.4 Å². The average molecular weight is 235 g/mol. The van der Waals surface area contributed by atoms with Gasteiger partial charge in [-0.05, 0) is 23.2 Å². The Morgan fingerprint density at radius 3 is 2.94 bits per heavy atom. The second-order valence-corrected chi connectivity index (χ2v) is 3.65. The van der Waals surface area contributed by atoms with Gasteiger partial charge >= 0.3 is 13.1 Å². The normalized spacial score (nSPS) is 13.4. The van der Waals surface area contributed by atoms with Crippen molar-refractivity contribution >= 4 is 24.5 Å². The van der Waals surface area contributed by atoms with Crippen molar-refractivity contribution in [1.82, 2.24) is 5.32 Å². The number of nitrogens with one attached hydrogen (secondary N) is 1. The van der Waals surface area contributed by atoms with Crippen LogP contribution in [-0.2, 0) is 16.1 Å². The highest BCUT2D eigenvalue weighted by Gasteiger charge is 2.27. The molecule has 0 unspecified atom stereocenters. The Bertz CT molecular complexity index is 476. The molecule has 0 aromatic heterocycles. The van der Waals surface area contributed by atoms with E-state index in [2.05, 4.69) is 5.32 Å². The van der Waals surface area contributed by atoms with Gasteiger partial charge in [0.2, 0.25) is 0 Å². The zero-order chi connectivity index (χ0) is 12.4. The highest BCUT2D eigenvalue weighted by Crippen LogP contribution is 2.11. The molecule has 0 spiro atoms. The predicted molar refractivity (Wildman–Crippen MR) is 58.8 cm³/mol. The van der Waals surface area contributed by atoms with Crippen LogP contribution in [0, 0.1) is 0 Å². The van der Waals surface area contributed by atoms with E-state index in [1.807, 2.05) is 0 Å². The molecule has 6 nitrogen and oxygen atoms in total. The number of carboxylic acid groups (broad SMARTS) is 1. The number of amides is 1.